The predicted molar refractivity (Wildman–Crippen MR) is 85.3 cm³/mol. The van der Waals surface area contributed by atoms with Gasteiger partial charge in [-0.3, -0.25) is 9.59 Å². The maximum absolute atomic E-state index is 12.9. The van der Waals surface area contributed by atoms with Crippen molar-refractivity contribution in [3.05, 3.63) is 35.6 Å². The number of unbranched alkanes of at least 4 members (excludes halogenated alkanes) is 1. The summed E-state index contributed by atoms with van der Waals surface area (Å²) < 4.78 is 12.9. The number of rotatable bonds is 7. The minimum Gasteiger partial charge on any atom is -0.299 e. The Labute approximate surface area is 132 Å². The summed E-state index contributed by atoms with van der Waals surface area (Å²) in [5.74, 6) is 0.755. The van der Waals surface area contributed by atoms with Gasteiger partial charge in [-0.25, -0.2) is 4.39 Å². The minimum atomic E-state index is -0.317. The lowest BCUT2D eigenvalue weighted by Crippen LogP contribution is -2.23. The molecule has 1 saturated carbocycles. The lowest BCUT2D eigenvalue weighted by Gasteiger charge is -2.27. The maximum atomic E-state index is 12.9. The second-order valence-corrected chi connectivity index (χ2v) is 6.42. The van der Waals surface area contributed by atoms with Crippen molar-refractivity contribution in [1.82, 2.24) is 0 Å². The molecule has 120 valence electrons. The SMILES string of the molecule is CCCCC(=O)C1CCC(CC(=O)c2ccc(F)cc2)CC1. The summed E-state index contributed by atoms with van der Waals surface area (Å²) in [4.78, 5) is 24.2. The first kappa shape index (κ1) is 16.9. The summed E-state index contributed by atoms with van der Waals surface area (Å²) in [7, 11) is 0. The average Bonchev–Trinajstić information content (AvgIpc) is 2.54. The van der Waals surface area contributed by atoms with E-state index in [4.69, 9.17) is 0 Å². The van der Waals surface area contributed by atoms with Gasteiger partial charge in [0.15, 0.2) is 5.78 Å². The van der Waals surface area contributed by atoms with E-state index in [-0.39, 0.29) is 17.5 Å². The average molecular weight is 304 g/mol. The Morgan fingerprint density at radius 1 is 1.09 bits per heavy atom. The van der Waals surface area contributed by atoms with Crippen LogP contribution in [0.3, 0.4) is 0 Å². The molecule has 0 amide bonds. The molecule has 0 radical (unpaired) electrons. The fourth-order valence-electron chi connectivity index (χ4n) is 3.26. The molecule has 0 bridgehead atoms. The van der Waals surface area contributed by atoms with Gasteiger partial charge in [0, 0.05) is 24.3 Å². The summed E-state index contributed by atoms with van der Waals surface area (Å²) in [6.07, 6.45) is 7.02. The molecule has 1 fully saturated rings. The van der Waals surface area contributed by atoms with Crippen LogP contribution in [0.25, 0.3) is 0 Å². The first-order valence-corrected chi connectivity index (χ1v) is 8.41. The molecular weight excluding hydrogens is 279 g/mol. The molecule has 1 aliphatic carbocycles. The van der Waals surface area contributed by atoms with Crippen molar-refractivity contribution in [2.24, 2.45) is 11.8 Å². The number of carbonyl (C=O) groups is 2. The zero-order valence-corrected chi connectivity index (χ0v) is 13.3. The number of Topliss-reactive ketones (excluding diaryl/α,β-unsaturated/α-hetero) is 2. The topological polar surface area (TPSA) is 34.1 Å². The van der Waals surface area contributed by atoms with Gasteiger partial charge in [0.1, 0.15) is 11.6 Å². The molecule has 2 nitrogen and oxygen atoms in total. The lowest BCUT2D eigenvalue weighted by molar-refractivity contribution is -0.124. The molecule has 0 spiro atoms. The normalized spacial score (nSPS) is 21.5. The van der Waals surface area contributed by atoms with Crippen LogP contribution >= 0.6 is 0 Å². The predicted octanol–water partition coefficient (Wildman–Crippen LogP) is 4.96. The van der Waals surface area contributed by atoms with Gasteiger partial charge in [-0.15, -0.1) is 0 Å². The smallest absolute Gasteiger partial charge is 0.163 e. The molecule has 0 aromatic heterocycles. The van der Waals surface area contributed by atoms with Crippen LogP contribution in [0.5, 0.6) is 0 Å². The number of hydrogen-bond acceptors (Lipinski definition) is 2. The van der Waals surface area contributed by atoms with E-state index in [1.807, 2.05) is 0 Å². The zero-order chi connectivity index (χ0) is 15.9. The Morgan fingerprint density at radius 2 is 1.73 bits per heavy atom. The first-order chi connectivity index (χ1) is 10.6. The highest BCUT2D eigenvalue weighted by molar-refractivity contribution is 5.96. The molecule has 0 atom stereocenters. The third kappa shape index (κ3) is 4.75. The Hall–Kier alpha value is -1.51. The van der Waals surface area contributed by atoms with E-state index in [1.54, 1.807) is 12.1 Å². The number of halogens is 1. The minimum absolute atomic E-state index is 0.0840. The van der Waals surface area contributed by atoms with Gasteiger partial charge in [0.2, 0.25) is 0 Å². The van der Waals surface area contributed by atoms with Crippen LogP contribution < -0.4 is 0 Å². The summed E-state index contributed by atoms with van der Waals surface area (Å²) in [6.45, 7) is 2.10. The maximum Gasteiger partial charge on any atom is 0.163 e. The van der Waals surface area contributed by atoms with E-state index in [0.29, 0.717) is 30.1 Å². The van der Waals surface area contributed by atoms with Crippen molar-refractivity contribution in [1.29, 1.82) is 0 Å². The van der Waals surface area contributed by atoms with Crippen molar-refractivity contribution in [2.45, 2.75) is 58.3 Å². The highest BCUT2D eigenvalue weighted by Gasteiger charge is 2.27. The van der Waals surface area contributed by atoms with Crippen LogP contribution in [0.2, 0.25) is 0 Å². The van der Waals surface area contributed by atoms with Crippen molar-refractivity contribution >= 4 is 11.6 Å². The van der Waals surface area contributed by atoms with E-state index in [0.717, 1.165) is 38.5 Å². The molecule has 0 saturated heterocycles. The number of benzene rings is 1. The van der Waals surface area contributed by atoms with Crippen LogP contribution in [0.15, 0.2) is 24.3 Å². The fourth-order valence-corrected chi connectivity index (χ4v) is 3.26. The monoisotopic (exact) mass is 304 g/mol. The summed E-state index contributed by atoms with van der Waals surface area (Å²) >= 11 is 0. The third-order valence-corrected chi connectivity index (χ3v) is 4.72. The van der Waals surface area contributed by atoms with E-state index >= 15 is 0 Å². The molecule has 1 aliphatic rings. The van der Waals surface area contributed by atoms with Crippen LogP contribution in [0.1, 0.15) is 68.6 Å². The molecule has 0 unspecified atom stereocenters. The van der Waals surface area contributed by atoms with E-state index in [2.05, 4.69) is 6.92 Å². The van der Waals surface area contributed by atoms with Crippen LogP contribution in [-0.4, -0.2) is 11.6 Å². The van der Waals surface area contributed by atoms with Gasteiger partial charge in [0.05, 0.1) is 0 Å². The van der Waals surface area contributed by atoms with Crippen molar-refractivity contribution in [2.75, 3.05) is 0 Å². The zero-order valence-electron chi connectivity index (χ0n) is 13.3. The number of carbonyl (C=O) groups excluding carboxylic acids is 2. The van der Waals surface area contributed by atoms with Crippen molar-refractivity contribution in [3.8, 4) is 0 Å². The van der Waals surface area contributed by atoms with Crippen LogP contribution in [-0.2, 0) is 4.79 Å². The summed E-state index contributed by atoms with van der Waals surface area (Å²) in [6, 6.07) is 5.77. The molecule has 2 rings (SSSR count). The number of ketones is 2. The van der Waals surface area contributed by atoms with Gasteiger partial charge < -0.3 is 0 Å². The molecule has 1 aromatic rings. The molecule has 22 heavy (non-hydrogen) atoms. The Kier molecular flexibility index (Phi) is 6.29. The van der Waals surface area contributed by atoms with E-state index < -0.39 is 0 Å². The highest BCUT2D eigenvalue weighted by Crippen LogP contribution is 2.33. The van der Waals surface area contributed by atoms with E-state index in [1.165, 1.54) is 12.1 Å². The molecule has 0 heterocycles. The van der Waals surface area contributed by atoms with Crippen LogP contribution in [0.4, 0.5) is 4.39 Å². The second-order valence-electron chi connectivity index (χ2n) is 6.42. The Balaban J connectivity index is 1.78. The molecule has 0 N–H and O–H groups in total. The van der Waals surface area contributed by atoms with Gasteiger partial charge in [-0.05, 0) is 62.3 Å². The first-order valence-electron chi connectivity index (χ1n) is 8.41. The van der Waals surface area contributed by atoms with Gasteiger partial charge in [-0.2, -0.15) is 0 Å². The summed E-state index contributed by atoms with van der Waals surface area (Å²) in [5.41, 5.74) is 0.586. The van der Waals surface area contributed by atoms with Gasteiger partial charge in [-0.1, -0.05) is 13.3 Å². The van der Waals surface area contributed by atoms with Crippen molar-refractivity contribution < 1.29 is 14.0 Å². The largest absolute Gasteiger partial charge is 0.299 e. The second kappa shape index (κ2) is 8.21. The van der Waals surface area contributed by atoms with Crippen molar-refractivity contribution in [3.63, 3.8) is 0 Å². The Morgan fingerprint density at radius 3 is 2.32 bits per heavy atom. The van der Waals surface area contributed by atoms with Crippen LogP contribution in [0, 0.1) is 17.7 Å². The summed E-state index contributed by atoms with van der Waals surface area (Å²) in [5, 5.41) is 0. The standard InChI is InChI=1S/C19H25FO2/c1-2-3-4-18(21)15-7-5-14(6-8-15)13-19(22)16-9-11-17(20)12-10-16/h9-12,14-15H,2-8,13H2,1H3. The van der Waals surface area contributed by atoms with Gasteiger partial charge in [0.25, 0.3) is 0 Å². The quantitative estimate of drug-likeness (QED) is 0.667. The lowest BCUT2D eigenvalue weighted by atomic mass is 9.77. The van der Waals surface area contributed by atoms with Gasteiger partial charge >= 0.3 is 0 Å². The van der Waals surface area contributed by atoms with E-state index in [9.17, 15) is 14.0 Å². The molecule has 0 aliphatic heterocycles. The number of hydrogen-bond donors (Lipinski definition) is 0. The molecule has 3 heteroatoms. The Bertz CT molecular complexity index is 499. The molecule has 1 aromatic carbocycles. The third-order valence-electron chi connectivity index (χ3n) is 4.72. The highest BCUT2D eigenvalue weighted by atomic mass is 19.1. The fraction of sp³-hybridized carbons (Fsp3) is 0.579. The molecular formula is C19H25FO2.